The molecule has 0 bridgehead atoms. The number of halogens is 1. The predicted octanol–water partition coefficient (Wildman–Crippen LogP) is 5.09. The molecular weight excluding hydrogens is 294 g/mol. The van der Waals surface area contributed by atoms with Gasteiger partial charge in [0, 0.05) is 24.7 Å². The normalized spacial score (nSPS) is 22.6. The van der Waals surface area contributed by atoms with E-state index in [4.69, 9.17) is 16.3 Å². The molecule has 1 fully saturated rings. The summed E-state index contributed by atoms with van der Waals surface area (Å²) < 4.78 is 6.17. The van der Waals surface area contributed by atoms with Gasteiger partial charge in [-0.2, -0.15) is 0 Å². The number of ether oxygens (including phenoxy) is 1. The zero-order chi connectivity index (χ0) is 15.9. The van der Waals surface area contributed by atoms with E-state index in [9.17, 15) is 0 Å². The highest BCUT2D eigenvalue weighted by Gasteiger charge is 2.38. The minimum Gasteiger partial charge on any atom is -0.490 e. The second-order valence-electron chi connectivity index (χ2n) is 7.68. The minimum absolute atomic E-state index is 0.490. The fourth-order valence-electron chi connectivity index (χ4n) is 3.48. The fraction of sp³-hybridized carbons (Fsp3) is 0.684. The smallest absolute Gasteiger partial charge is 0.142 e. The highest BCUT2D eigenvalue weighted by molar-refractivity contribution is 6.32. The third-order valence-corrected chi connectivity index (χ3v) is 5.10. The van der Waals surface area contributed by atoms with Crippen LogP contribution in [0, 0.1) is 11.8 Å². The van der Waals surface area contributed by atoms with Crippen LogP contribution in [0.25, 0.3) is 0 Å². The van der Waals surface area contributed by atoms with Crippen LogP contribution in [-0.4, -0.2) is 24.1 Å². The molecule has 1 aliphatic carbocycles. The molecule has 1 heterocycles. The van der Waals surface area contributed by atoms with Crippen molar-refractivity contribution < 1.29 is 4.74 Å². The summed E-state index contributed by atoms with van der Waals surface area (Å²) in [6.45, 7) is 11.9. The summed E-state index contributed by atoms with van der Waals surface area (Å²) in [6.07, 6.45) is 2.70. The van der Waals surface area contributed by atoms with Gasteiger partial charge >= 0.3 is 0 Å². The van der Waals surface area contributed by atoms with Crippen molar-refractivity contribution in [2.75, 3.05) is 13.2 Å². The third kappa shape index (κ3) is 3.44. The highest BCUT2D eigenvalue weighted by Crippen LogP contribution is 2.41. The van der Waals surface area contributed by atoms with Crippen molar-refractivity contribution in [2.45, 2.75) is 59.0 Å². The van der Waals surface area contributed by atoms with Crippen molar-refractivity contribution in [3.63, 3.8) is 0 Å². The van der Waals surface area contributed by atoms with Gasteiger partial charge in [-0.3, -0.25) is 4.90 Å². The topological polar surface area (TPSA) is 12.5 Å². The minimum atomic E-state index is 0.490. The Balaban J connectivity index is 1.92. The van der Waals surface area contributed by atoms with Crippen LogP contribution in [0.4, 0.5) is 0 Å². The maximum absolute atomic E-state index is 6.52. The number of hydrogen-bond donors (Lipinski definition) is 0. The number of fused-ring (bicyclic) bond motifs is 1. The summed E-state index contributed by atoms with van der Waals surface area (Å²) in [5, 5.41) is 0.780. The Hall–Kier alpha value is -0.730. The van der Waals surface area contributed by atoms with Gasteiger partial charge in [0.2, 0.25) is 0 Å². The standard InChI is InChI=1S/C19H28ClNO/c1-12(2)9-21-10-16-7-15(13(3)4)8-17(20)19(16)22-11-18(21)14-5-6-14/h7-8,12-14,18H,5-6,9-11H2,1-4H3. The Morgan fingerprint density at radius 3 is 2.55 bits per heavy atom. The van der Waals surface area contributed by atoms with Crippen LogP contribution in [0.3, 0.4) is 0 Å². The quantitative estimate of drug-likeness (QED) is 0.765. The monoisotopic (exact) mass is 321 g/mol. The Kier molecular flexibility index (Phi) is 4.70. The first-order valence-corrected chi connectivity index (χ1v) is 9.02. The van der Waals surface area contributed by atoms with Gasteiger partial charge in [0.1, 0.15) is 12.4 Å². The Morgan fingerprint density at radius 1 is 1.23 bits per heavy atom. The molecule has 1 aliphatic heterocycles. The van der Waals surface area contributed by atoms with Gasteiger partial charge in [0.25, 0.3) is 0 Å². The molecule has 1 aromatic rings. The van der Waals surface area contributed by atoms with Crippen LogP contribution in [-0.2, 0) is 6.54 Å². The van der Waals surface area contributed by atoms with Gasteiger partial charge in [-0.1, -0.05) is 45.4 Å². The van der Waals surface area contributed by atoms with E-state index in [0.717, 1.165) is 36.4 Å². The zero-order valence-electron chi connectivity index (χ0n) is 14.2. The molecule has 22 heavy (non-hydrogen) atoms. The molecule has 0 amide bonds. The van der Waals surface area contributed by atoms with E-state index in [1.165, 1.54) is 24.0 Å². The first-order chi connectivity index (χ1) is 10.5. The molecule has 0 saturated heterocycles. The maximum atomic E-state index is 6.52. The summed E-state index contributed by atoms with van der Waals surface area (Å²) in [4.78, 5) is 2.63. The molecule has 2 nitrogen and oxygen atoms in total. The van der Waals surface area contributed by atoms with Gasteiger partial charge in [0.05, 0.1) is 5.02 Å². The number of benzene rings is 1. The van der Waals surface area contributed by atoms with Crippen LogP contribution in [0.1, 0.15) is 57.6 Å². The second-order valence-corrected chi connectivity index (χ2v) is 8.09. The number of nitrogens with zero attached hydrogens (tertiary/aromatic N) is 1. The summed E-state index contributed by atoms with van der Waals surface area (Å²) >= 11 is 6.52. The number of rotatable bonds is 4. The molecular formula is C19H28ClNO. The molecule has 0 radical (unpaired) electrons. The van der Waals surface area contributed by atoms with E-state index in [2.05, 4.69) is 44.7 Å². The SMILES string of the molecule is CC(C)CN1Cc2cc(C(C)C)cc(Cl)c2OCC1C1CC1. The van der Waals surface area contributed by atoms with Crippen LogP contribution in [0.2, 0.25) is 5.02 Å². The van der Waals surface area contributed by atoms with E-state index in [0.29, 0.717) is 17.9 Å². The molecule has 1 atom stereocenters. The summed E-state index contributed by atoms with van der Waals surface area (Å²) in [6, 6.07) is 4.93. The van der Waals surface area contributed by atoms with E-state index >= 15 is 0 Å². The van der Waals surface area contributed by atoms with Crippen LogP contribution in [0.15, 0.2) is 12.1 Å². The van der Waals surface area contributed by atoms with Crippen molar-refractivity contribution in [1.29, 1.82) is 0 Å². The maximum Gasteiger partial charge on any atom is 0.142 e. The first kappa shape index (κ1) is 16.1. The lowest BCUT2D eigenvalue weighted by Gasteiger charge is -2.30. The van der Waals surface area contributed by atoms with Gasteiger partial charge in [0.15, 0.2) is 0 Å². The molecule has 3 heteroatoms. The molecule has 3 rings (SSSR count). The lowest BCUT2D eigenvalue weighted by molar-refractivity contribution is 0.116. The predicted molar refractivity (Wildman–Crippen MR) is 92.8 cm³/mol. The number of hydrogen-bond acceptors (Lipinski definition) is 2. The van der Waals surface area contributed by atoms with Crippen molar-refractivity contribution in [2.24, 2.45) is 11.8 Å². The molecule has 1 aromatic carbocycles. The molecule has 2 aliphatic rings. The third-order valence-electron chi connectivity index (χ3n) is 4.82. The van der Waals surface area contributed by atoms with E-state index in [1.807, 2.05) is 0 Å². The summed E-state index contributed by atoms with van der Waals surface area (Å²) in [5.41, 5.74) is 2.57. The van der Waals surface area contributed by atoms with Crippen LogP contribution in [0.5, 0.6) is 5.75 Å². The largest absolute Gasteiger partial charge is 0.490 e. The summed E-state index contributed by atoms with van der Waals surface area (Å²) in [7, 11) is 0. The van der Waals surface area contributed by atoms with Gasteiger partial charge in [-0.05, 0) is 42.2 Å². The van der Waals surface area contributed by atoms with Crippen molar-refractivity contribution in [1.82, 2.24) is 4.90 Å². The van der Waals surface area contributed by atoms with E-state index < -0.39 is 0 Å². The van der Waals surface area contributed by atoms with Crippen LogP contribution >= 0.6 is 11.6 Å². The van der Waals surface area contributed by atoms with Gasteiger partial charge in [-0.25, -0.2) is 0 Å². The molecule has 1 saturated carbocycles. The summed E-state index contributed by atoms with van der Waals surface area (Å²) in [5.74, 6) is 2.90. The van der Waals surface area contributed by atoms with E-state index in [1.54, 1.807) is 0 Å². The molecule has 122 valence electrons. The average molecular weight is 322 g/mol. The highest BCUT2D eigenvalue weighted by atomic mass is 35.5. The van der Waals surface area contributed by atoms with Crippen LogP contribution < -0.4 is 4.74 Å². The van der Waals surface area contributed by atoms with Crippen molar-refractivity contribution in [3.05, 3.63) is 28.3 Å². The Labute approximate surface area is 139 Å². The fourth-order valence-corrected chi connectivity index (χ4v) is 3.78. The van der Waals surface area contributed by atoms with E-state index in [-0.39, 0.29) is 0 Å². The Morgan fingerprint density at radius 2 is 1.95 bits per heavy atom. The van der Waals surface area contributed by atoms with Crippen molar-refractivity contribution >= 4 is 11.6 Å². The molecule has 0 aromatic heterocycles. The first-order valence-electron chi connectivity index (χ1n) is 8.65. The molecule has 1 unspecified atom stereocenters. The zero-order valence-corrected chi connectivity index (χ0v) is 15.0. The molecule has 0 N–H and O–H groups in total. The second kappa shape index (κ2) is 6.41. The van der Waals surface area contributed by atoms with Gasteiger partial charge < -0.3 is 4.74 Å². The van der Waals surface area contributed by atoms with Crippen molar-refractivity contribution in [3.8, 4) is 5.75 Å². The van der Waals surface area contributed by atoms with Gasteiger partial charge in [-0.15, -0.1) is 0 Å². The Bertz CT molecular complexity index is 536. The average Bonchev–Trinajstić information content (AvgIpc) is 3.23. The lowest BCUT2D eigenvalue weighted by Crippen LogP contribution is -2.41. The lowest BCUT2D eigenvalue weighted by atomic mass is 9.99. The molecule has 0 spiro atoms.